The molecule has 0 radical (unpaired) electrons. The van der Waals surface area contributed by atoms with Gasteiger partial charge in [-0.1, -0.05) is 6.07 Å². The highest BCUT2D eigenvalue weighted by molar-refractivity contribution is 7.89. The molecular weight excluding hydrogens is 287 g/mol. The van der Waals surface area contributed by atoms with Crippen LogP contribution in [0.5, 0.6) is 0 Å². The van der Waals surface area contributed by atoms with E-state index in [0.717, 1.165) is 6.07 Å². The van der Waals surface area contributed by atoms with E-state index >= 15 is 0 Å². The maximum absolute atomic E-state index is 13.8. The first-order chi connectivity index (χ1) is 9.44. The molecule has 0 bridgehead atoms. The number of sulfonamides is 1. The SMILES string of the molecule is COCC(CNS(=O)(=O)c1ccc(CN)cc1F)OC. The van der Waals surface area contributed by atoms with Crippen LogP contribution in [0.2, 0.25) is 0 Å². The molecular formula is C12H19FN2O4S. The number of hydrogen-bond donors (Lipinski definition) is 2. The molecule has 0 heterocycles. The van der Waals surface area contributed by atoms with Crippen LogP contribution in [-0.2, 0) is 26.0 Å². The number of benzene rings is 1. The van der Waals surface area contributed by atoms with Gasteiger partial charge in [0.15, 0.2) is 0 Å². The summed E-state index contributed by atoms with van der Waals surface area (Å²) < 4.78 is 49.9. The molecule has 1 aromatic carbocycles. The fraction of sp³-hybridized carbons (Fsp3) is 0.500. The second-order valence-corrected chi connectivity index (χ2v) is 5.87. The van der Waals surface area contributed by atoms with E-state index in [1.54, 1.807) is 0 Å². The number of nitrogens with one attached hydrogen (secondary N) is 1. The van der Waals surface area contributed by atoms with E-state index in [1.165, 1.54) is 26.4 Å². The molecule has 0 aliphatic rings. The summed E-state index contributed by atoms with van der Waals surface area (Å²) in [5.74, 6) is -0.832. The van der Waals surface area contributed by atoms with Crippen molar-refractivity contribution in [2.24, 2.45) is 5.73 Å². The van der Waals surface area contributed by atoms with Crippen LogP contribution >= 0.6 is 0 Å². The number of rotatable bonds is 8. The molecule has 0 amide bonds. The predicted molar refractivity (Wildman–Crippen MR) is 72.2 cm³/mol. The molecule has 0 aliphatic carbocycles. The Hall–Kier alpha value is -1.06. The van der Waals surface area contributed by atoms with Crippen molar-refractivity contribution in [3.05, 3.63) is 29.6 Å². The van der Waals surface area contributed by atoms with E-state index in [9.17, 15) is 12.8 Å². The molecule has 1 unspecified atom stereocenters. The third-order valence-corrected chi connectivity index (χ3v) is 4.17. The first kappa shape index (κ1) is 17.0. The van der Waals surface area contributed by atoms with Gasteiger partial charge in [0.05, 0.1) is 12.7 Å². The quantitative estimate of drug-likeness (QED) is 0.717. The van der Waals surface area contributed by atoms with Gasteiger partial charge in [0.1, 0.15) is 10.7 Å². The number of hydrogen-bond acceptors (Lipinski definition) is 5. The van der Waals surface area contributed by atoms with Crippen molar-refractivity contribution in [2.45, 2.75) is 17.5 Å². The van der Waals surface area contributed by atoms with Crippen LogP contribution in [0, 0.1) is 5.82 Å². The number of nitrogens with two attached hydrogens (primary N) is 1. The third-order valence-electron chi connectivity index (χ3n) is 2.71. The zero-order valence-electron chi connectivity index (χ0n) is 11.4. The highest BCUT2D eigenvalue weighted by Crippen LogP contribution is 2.15. The molecule has 0 fully saturated rings. The number of methoxy groups -OCH3 is 2. The first-order valence-corrected chi connectivity index (χ1v) is 7.42. The minimum absolute atomic E-state index is 0.00917. The van der Waals surface area contributed by atoms with Crippen molar-refractivity contribution >= 4 is 10.0 Å². The number of halogens is 1. The predicted octanol–water partition coefficient (Wildman–Crippen LogP) is 0.224. The van der Waals surface area contributed by atoms with E-state index < -0.39 is 26.8 Å². The van der Waals surface area contributed by atoms with E-state index in [4.69, 9.17) is 15.2 Å². The highest BCUT2D eigenvalue weighted by Gasteiger charge is 2.20. The van der Waals surface area contributed by atoms with Crippen LogP contribution in [0.15, 0.2) is 23.1 Å². The Morgan fingerprint density at radius 3 is 2.60 bits per heavy atom. The molecule has 6 nitrogen and oxygen atoms in total. The lowest BCUT2D eigenvalue weighted by Gasteiger charge is -2.15. The Balaban J connectivity index is 2.83. The van der Waals surface area contributed by atoms with Gasteiger partial charge in [-0.15, -0.1) is 0 Å². The Morgan fingerprint density at radius 2 is 2.10 bits per heavy atom. The lowest BCUT2D eigenvalue weighted by atomic mass is 10.2. The summed E-state index contributed by atoms with van der Waals surface area (Å²) in [6.07, 6.45) is -0.443. The average Bonchev–Trinajstić information content (AvgIpc) is 2.42. The Labute approximate surface area is 118 Å². The molecule has 0 aromatic heterocycles. The second-order valence-electron chi connectivity index (χ2n) is 4.13. The van der Waals surface area contributed by atoms with Crippen LogP contribution in [0.25, 0.3) is 0 Å². The number of ether oxygens (including phenoxy) is 2. The Morgan fingerprint density at radius 1 is 1.40 bits per heavy atom. The van der Waals surface area contributed by atoms with Crippen molar-refractivity contribution in [2.75, 3.05) is 27.4 Å². The molecule has 0 saturated heterocycles. The van der Waals surface area contributed by atoms with E-state index in [1.807, 2.05) is 0 Å². The highest BCUT2D eigenvalue weighted by atomic mass is 32.2. The van der Waals surface area contributed by atoms with Gasteiger partial charge >= 0.3 is 0 Å². The van der Waals surface area contributed by atoms with Crippen molar-refractivity contribution in [1.82, 2.24) is 4.72 Å². The van der Waals surface area contributed by atoms with Gasteiger partial charge in [0.2, 0.25) is 10.0 Å². The summed E-state index contributed by atoms with van der Waals surface area (Å²) in [5, 5.41) is 0. The normalized spacial score (nSPS) is 13.4. The lowest BCUT2D eigenvalue weighted by molar-refractivity contribution is 0.0320. The fourth-order valence-corrected chi connectivity index (χ4v) is 2.69. The smallest absolute Gasteiger partial charge is 0.243 e. The molecule has 20 heavy (non-hydrogen) atoms. The summed E-state index contributed by atoms with van der Waals surface area (Å²) in [6.45, 7) is 0.364. The monoisotopic (exact) mass is 306 g/mol. The van der Waals surface area contributed by atoms with Crippen LogP contribution in [0.3, 0.4) is 0 Å². The minimum atomic E-state index is -3.94. The largest absolute Gasteiger partial charge is 0.382 e. The Kier molecular flexibility index (Phi) is 6.50. The van der Waals surface area contributed by atoms with Gasteiger partial charge < -0.3 is 15.2 Å². The molecule has 1 atom stereocenters. The van der Waals surface area contributed by atoms with Crippen LogP contribution in [0.1, 0.15) is 5.56 Å². The third kappa shape index (κ3) is 4.50. The zero-order valence-corrected chi connectivity index (χ0v) is 12.2. The van der Waals surface area contributed by atoms with Crippen molar-refractivity contribution in [1.29, 1.82) is 0 Å². The summed E-state index contributed by atoms with van der Waals surface area (Å²) in [4.78, 5) is -0.415. The summed E-state index contributed by atoms with van der Waals surface area (Å²) in [7, 11) is -1.02. The van der Waals surface area contributed by atoms with Crippen molar-refractivity contribution in [3.8, 4) is 0 Å². The average molecular weight is 306 g/mol. The molecule has 0 aliphatic heterocycles. The summed E-state index contributed by atoms with van der Waals surface area (Å²) in [5.41, 5.74) is 5.89. The molecule has 3 N–H and O–H groups in total. The summed E-state index contributed by atoms with van der Waals surface area (Å²) >= 11 is 0. The Bertz CT molecular complexity index is 536. The van der Waals surface area contributed by atoms with E-state index in [2.05, 4.69) is 4.72 Å². The van der Waals surface area contributed by atoms with Gasteiger partial charge in [-0.3, -0.25) is 0 Å². The first-order valence-electron chi connectivity index (χ1n) is 5.94. The van der Waals surface area contributed by atoms with Crippen molar-refractivity contribution < 1.29 is 22.3 Å². The minimum Gasteiger partial charge on any atom is -0.382 e. The fourth-order valence-electron chi connectivity index (χ4n) is 1.57. The summed E-state index contributed by atoms with van der Waals surface area (Å²) in [6, 6.07) is 3.77. The molecule has 0 saturated carbocycles. The standard InChI is InChI=1S/C12H19FN2O4S/c1-18-8-10(19-2)7-15-20(16,17)12-4-3-9(6-14)5-11(12)13/h3-5,10,15H,6-8,14H2,1-2H3. The maximum atomic E-state index is 13.8. The van der Waals surface area contributed by atoms with E-state index in [0.29, 0.717) is 5.56 Å². The van der Waals surface area contributed by atoms with Gasteiger partial charge in [0, 0.05) is 27.3 Å². The second kappa shape index (κ2) is 7.65. The molecule has 8 heteroatoms. The zero-order chi connectivity index (χ0) is 15.2. The van der Waals surface area contributed by atoms with E-state index in [-0.39, 0.29) is 19.7 Å². The van der Waals surface area contributed by atoms with Gasteiger partial charge in [0.25, 0.3) is 0 Å². The van der Waals surface area contributed by atoms with Gasteiger partial charge in [-0.25, -0.2) is 17.5 Å². The lowest BCUT2D eigenvalue weighted by Crippen LogP contribution is -2.35. The molecule has 114 valence electrons. The van der Waals surface area contributed by atoms with Crippen molar-refractivity contribution in [3.63, 3.8) is 0 Å². The van der Waals surface area contributed by atoms with Crippen LogP contribution in [0.4, 0.5) is 4.39 Å². The molecule has 1 aromatic rings. The maximum Gasteiger partial charge on any atom is 0.243 e. The topological polar surface area (TPSA) is 90.7 Å². The van der Waals surface area contributed by atoms with Gasteiger partial charge in [-0.2, -0.15) is 0 Å². The van der Waals surface area contributed by atoms with Crippen LogP contribution in [-0.4, -0.2) is 41.9 Å². The molecule has 1 rings (SSSR count). The van der Waals surface area contributed by atoms with Gasteiger partial charge in [-0.05, 0) is 17.7 Å². The van der Waals surface area contributed by atoms with Crippen LogP contribution < -0.4 is 10.5 Å². The molecule has 0 spiro atoms.